The zero-order chi connectivity index (χ0) is 15.7. The molecular weight excluding hydrogens is 316 g/mol. The molecule has 0 amide bonds. The van der Waals surface area contributed by atoms with Gasteiger partial charge in [-0.25, -0.2) is 0 Å². The van der Waals surface area contributed by atoms with Gasteiger partial charge in [0.2, 0.25) is 0 Å². The average Bonchev–Trinajstić information content (AvgIpc) is 2.33. The van der Waals surface area contributed by atoms with Crippen LogP contribution in [0.1, 0.15) is 63.0 Å². The van der Waals surface area contributed by atoms with Crippen molar-refractivity contribution in [2.24, 2.45) is 0 Å². The van der Waals surface area contributed by atoms with E-state index >= 15 is 0 Å². The molecule has 0 bridgehead atoms. The highest BCUT2D eigenvalue weighted by Gasteiger charge is 2.28. The van der Waals surface area contributed by atoms with Crippen molar-refractivity contribution in [3.63, 3.8) is 0 Å². The van der Waals surface area contributed by atoms with Gasteiger partial charge in [-0.2, -0.15) is 0 Å². The van der Waals surface area contributed by atoms with Crippen LogP contribution in [0.4, 0.5) is 0 Å². The number of hydrogen-bond donors (Lipinski definition) is 0. The van der Waals surface area contributed by atoms with Crippen LogP contribution in [0.15, 0.2) is 12.1 Å². The summed E-state index contributed by atoms with van der Waals surface area (Å²) in [6, 6.07) is 3.94. The fourth-order valence-corrected chi connectivity index (χ4v) is 2.52. The van der Waals surface area contributed by atoms with Crippen molar-refractivity contribution in [2.75, 3.05) is 12.4 Å². The van der Waals surface area contributed by atoms with Gasteiger partial charge in [0.15, 0.2) is 5.78 Å². The number of carbonyl (C=O) groups excluding carboxylic acids is 1. The molecule has 0 unspecified atom stereocenters. The number of ether oxygens (including phenoxy) is 1. The standard InChI is InChI=1S/C17H25BrO2/c1-16(2,3)12-8-11(14(19)10-18)9-13(15(12)20-7)17(4,5)6/h8-9H,10H2,1-7H3. The van der Waals surface area contributed by atoms with Gasteiger partial charge in [-0.05, 0) is 23.0 Å². The lowest BCUT2D eigenvalue weighted by atomic mass is 9.78. The van der Waals surface area contributed by atoms with Gasteiger partial charge in [0.25, 0.3) is 0 Å². The Morgan fingerprint density at radius 1 is 1.05 bits per heavy atom. The molecule has 112 valence electrons. The molecule has 0 fully saturated rings. The molecular formula is C17H25BrO2. The minimum Gasteiger partial charge on any atom is -0.496 e. The van der Waals surface area contributed by atoms with Crippen LogP contribution >= 0.6 is 15.9 Å². The van der Waals surface area contributed by atoms with E-state index in [4.69, 9.17) is 4.74 Å². The summed E-state index contributed by atoms with van der Waals surface area (Å²) in [5, 5.41) is 0.340. The first-order valence-corrected chi connectivity index (χ1v) is 7.96. The number of methoxy groups -OCH3 is 1. The lowest BCUT2D eigenvalue weighted by Gasteiger charge is -2.29. The first-order chi connectivity index (χ1) is 9.02. The molecule has 1 aromatic rings. The predicted octanol–water partition coefficient (Wildman–Crippen LogP) is 4.87. The molecule has 0 atom stereocenters. The first kappa shape index (κ1) is 17.2. The van der Waals surface area contributed by atoms with E-state index in [9.17, 15) is 4.79 Å². The normalized spacial score (nSPS) is 12.4. The second-order valence-electron chi connectivity index (χ2n) is 7.16. The molecule has 2 nitrogen and oxygen atoms in total. The molecule has 0 aliphatic heterocycles. The molecule has 0 saturated heterocycles. The van der Waals surface area contributed by atoms with Crippen molar-refractivity contribution in [3.8, 4) is 5.75 Å². The van der Waals surface area contributed by atoms with E-state index in [0.717, 1.165) is 22.4 Å². The van der Waals surface area contributed by atoms with Crippen LogP contribution in [0.5, 0.6) is 5.75 Å². The van der Waals surface area contributed by atoms with Crippen LogP contribution in [0.25, 0.3) is 0 Å². The predicted molar refractivity (Wildman–Crippen MR) is 88.5 cm³/mol. The molecule has 0 aromatic heterocycles. The van der Waals surface area contributed by atoms with E-state index in [1.165, 1.54) is 0 Å². The van der Waals surface area contributed by atoms with Gasteiger partial charge in [0.05, 0.1) is 12.4 Å². The van der Waals surface area contributed by atoms with Crippen molar-refractivity contribution in [1.82, 2.24) is 0 Å². The van der Waals surface area contributed by atoms with Crippen molar-refractivity contribution < 1.29 is 9.53 Å². The Hall–Kier alpha value is -0.830. The zero-order valence-electron chi connectivity index (χ0n) is 13.6. The molecule has 0 saturated carbocycles. The summed E-state index contributed by atoms with van der Waals surface area (Å²) in [4.78, 5) is 12.1. The number of carbonyl (C=O) groups is 1. The Balaban J connectivity index is 3.70. The van der Waals surface area contributed by atoms with E-state index in [0.29, 0.717) is 5.33 Å². The highest BCUT2D eigenvalue weighted by atomic mass is 79.9. The van der Waals surface area contributed by atoms with Crippen molar-refractivity contribution in [3.05, 3.63) is 28.8 Å². The molecule has 0 spiro atoms. The van der Waals surface area contributed by atoms with Crippen molar-refractivity contribution in [1.29, 1.82) is 0 Å². The van der Waals surface area contributed by atoms with Gasteiger partial charge in [-0.3, -0.25) is 4.79 Å². The van der Waals surface area contributed by atoms with Gasteiger partial charge in [-0.15, -0.1) is 0 Å². The second kappa shape index (κ2) is 5.88. The number of Topliss-reactive ketones (excluding diaryl/α,β-unsaturated/α-hetero) is 1. The summed E-state index contributed by atoms with van der Waals surface area (Å²) in [6.07, 6.45) is 0. The molecule has 0 aliphatic rings. The van der Waals surface area contributed by atoms with Crippen LogP contribution in [0, 0.1) is 0 Å². The summed E-state index contributed by atoms with van der Waals surface area (Å²) in [5.74, 6) is 1.000. The maximum Gasteiger partial charge on any atom is 0.173 e. The van der Waals surface area contributed by atoms with E-state index in [2.05, 4.69) is 57.5 Å². The van der Waals surface area contributed by atoms with E-state index in [-0.39, 0.29) is 16.6 Å². The highest BCUT2D eigenvalue weighted by Crippen LogP contribution is 2.40. The summed E-state index contributed by atoms with van der Waals surface area (Å²) >= 11 is 3.26. The van der Waals surface area contributed by atoms with Crippen LogP contribution < -0.4 is 4.74 Å². The van der Waals surface area contributed by atoms with Gasteiger partial charge in [-0.1, -0.05) is 57.5 Å². The molecule has 0 heterocycles. The molecule has 0 radical (unpaired) electrons. The Morgan fingerprint density at radius 3 is 1.70 bits per heavy atom. The summed E-state index contributed by atoms with van der Waals surface area (Å²) < 4.78 is 5.67. The third-order valence-corrected chi connectivity index (χ3v) is 3.86. The minimum atomic E-state index is -0.0755. The second-order valence-corrected chi connectivity index (χ2v) is 7.72. The summed E-state index contributed by atoms with van der Waals surface area (Å²) in [6.45, 7) is 12.8. The quantitative estimate of drug-likeness (QED) is 0.579. The monoisotopic (exact) mass is 340 g/mol. The summed E-state index contributed by atoms with van der Waals surface area (Å²) in [5.41, 5.74) is 2.76. The summed E-state index contributed by atoms with van der Waals surface area (Å²) in [7, 11) is 1.70. The number of hydrogen-bond acceptors (Lipinski definition) is 2. The molecule has 20 heavy (non-hydrogen) atoms. The van der Waals surface area contributed by atoms with E-state index in [1.807, 2.05) is 12.1 Å². The van der Waals surface area contributed by atoms with Gasteiger partial charge < -0.3 is 4.74 Å². The fraction of sp³-hybridized carbons (Fsp3) is 0.588. The van der Waals surface area contributed by atoms with Crippen LogP contribution in [-0.2, 0) is 10.8 Å². The van der Waals surface area contributed by atoms with Gasteiger partial charge >= 0.3 is 0 Å². The lowest BCUT2D eigenvalue weighted by Crippen LogP contribution is -2.20. The van der Waals surface area contributed by atoms with Crippen LogP contribution in [-0.4, -0.2) is 18.2 Å². The Morgan fingerprint density at radius 2 is 1.45 bits per heavy atom. The zero-order valence-corrected chi connectivity index (χ0v) is 15.1. The Bertz CT molecular complexity index is 470. The average molecular weight is 341 g/mol. The Labute approximate surface area is 131 Å². The van der Waals surface area contributed by atoms with E-state index < -0.39 is 0 Å². The highest BCUT2D eigenvalue weighted by molar-refractivity contribution is 9.09. The van der Waals surface area contributed by atoms with Crippen molar-refractivity contribution >= 4 is 21.7 Å². The van der Waals surface area contributed by atoms with Gasteiger partial charge in [0.1, 0.15) is 5.75 Å². The third-order valence-electron chi connectivity index (χ3n) is 3.35. The van der Waals surface area contributed by atoms with Crippen LogP contribution in [0.2, 0.25) is 0 Å². The number of halogens is 1. The third kappa shape index (κ3) is 3.63. The number of benzene rings is 1. The largest absolute Gasteiger partial charge is 0.496 e. The van der Waals surface area contributed by atoms with Gasteiger partial charge in [0, 0.05) is 16.7 Å². The number of alkyl halides is 1. The first-order valence-electron chi connectivity index (χ1n) is 6.84. The molecule has 1 rings (SSSR count). The molecule has 0 N–H and O–H groups in total. The molecule has 0 aliphatic carbocycles. The van der Waals surface area contributed by atoms with Crippen LogP contribution in [0.3, 0.4) is 0 Å². The smallest absolute Gasteiger partial charge is 0.173 e. The Kier molecular flexibility index (Phi) is 5.07. The maximum absolute atomic E-state index is 12.1. The lowest BCUT2D eigenvalue weighted by molar-refractivity contribution is 0.102. The fourth-order valence-electron chi connectivity index (χ4n) is 2.20. The van der Waals surface area contributed by atoms with Crippen molar-refractivity contribution in [2.45, 2.75) is 52.4 Å². The van der Waals surface area contributed by atoms with E-state index in [1.54, 1.807) is 7.11 Å². The number of rotatable bonds is 3. The minimum absolute atomic E-state index is 0.0755. The molecule has 3 heteroatoms. The topological polar surface area (TPSA) is 26.3 Å². The molecule has 1 aromatic carbocycles. The SMILES string of the molecule is COc1c(C(C)(C)C)cc(C(=O)CBr)cc1C(C)(C)C. The number of ketones is 1. The maximum atomic E-state index is 12.1.